The van der Waals surface area contributed by atoms with Crippen LogP contribution in [0.25, 0.3) is 33.1 Å². The minimum Gasteiger partial charge on any atom is -0.383 e. The second kappa shape index (κ2) is 7.46. The van der Waals surface area contributed by atoms with Crippen molar-refractivity contribution < 1.29 is 9.18 Å². The summed E-state index contributed by atoms with van der Waals surface area (Å²) in [5.41, 5.74) is 8.23. The first-order valence-corrected chi connectivity index (χ1v) is 10.2. The summed E-state index contributed by atoms with van der Waals surface area (Å²) in [6, 6.07) is 10.4. The van der Waals surface area contributed by atoms with Crippen molar-refractivity contribution in [3.05, 3.63) is 61.2 Å². The fraction of sp³-hybridized carbons (Fsp3) is 0.217. The summed E-state index contributed by atoms with van der Waals surface area (Å²) in [4.78, 5) is 22.6. The molecule has 8 heteroatoms. The quantitative estimate of drug-likeness (QED) is 0.514. The first kappa shape index (κ1) is 19.2. The van der Waals surface area contributed by atoms with Crippen LogP contribution in [-0.2, 0) is 4.79 Å². The third-order valence-electron chi connectivity index (χ3n) is 5.87. The van der Waals surface area contributed by atoms with Crippen LogP contribution in [0.5, 0.6) is 0 Å². The minimum absolute atomic E-state index is 0.0603. The lowest BCUT2D eigenvalue weighted by Crippen LogP contribution is -2.40. The molecule has 2 N–H and O–H groups in total. The molecule has 3 heterocycles. The zero-order chi connectivity index (χ0) is 21.5. The van der Waals surface area contributed by atoms with Crippen molar-refractivity contribution >= 4 is 33.5 Å². The van der Waals surface area contributed by atoms with Gasteiger partial charge in [-0.15, -0.1) is 0 Å². The van der Waals surface area contributed by atoms with Crippen molar-refractivity contribution in [2.24, 2.45) is 0 Å². The number of carbonyl (C=O) groups is 1. The lowest BCUT2D eigenvalue weighted by atomic mass is 10.0. The Bertz CT molecular complexity index is 1330. The van der Waals surface area contributed by atoms with E-state index in [2.05, 4.69) is 16.5 Å². The van der Waals surface area contributed by atoms with Gasteiger partial charge < -0.3 is 10.6 Å². The van der Waals surface area contributed by atoms with Crippen LogP contribution < -0.4 is 5.73 Å². The molecule has 0 bridgehead atoms. The summed E-state index contributed by atoms with van der Waals surface area (Å²) < 4.78 is 16.2. The molecule has 2 aromatic carbocycles. The lowest BCUT2D eigenvalue weighted by Gasteiger charge is -2.32. The Balaban J connectivity index is 1.71. The van der Waals surface area contributed by atoms with Crippen molar-refractivity contribution in [1.82, 2.24) is 24.6 Å². The smallest absolute Gasteiger partial charge is 0.246 e. The fourth-order valence-electron chi connectivity index (χ4n) is 4.39. The molecule has 4 aromatic rings. The summed E-state index contributed by atoms with van der Waals surface area (Å²) >= 11 is 0. The molecule has 1 saturated heterocycles. The summed E-state index contributed by atoms with van der Waals surface area (Å²) in [7, 11) is 0. The first-order valence-electron chi connectivity index (χ1n) is 10.2. The Morgan fingerprint density at radius 1 is 1.19 bits per heavy atom. The van der Waals surface area contributed by atoms with E-state index in [4.69, 9.17) is 10.8 Å². The number of amides is 1. The van der Waals surface area contributed by atoms with Crippen LogP contribution in [0.2, 0.25) is 0 Å². The highest BCUT2D eigenvalue weighted by Gasteiger charge is 2.28. The second-order valence-electron chi connectivity index (χ2n) is 7.68. The van der Waals surface area contributed by atoms with Gasteiger partial charge >= 0.3 is 0 Å². The molecule has 2 aromatic heterocycles. The Hall–Kier alpha value is -3.81. The highest BCUT2D eigenvalue weighted by molar-refractivity contribution is 6.06. The van der Waals surface area contributed by atoms with Gasteiger partial charge in [-0.3, -0.25) is 4.79 Å². The Morgan fingerprint density at radius 3 is 2.81 bits per heavy atom. The van der Waals surface area contributed by atoms with E-state index in [0.29, 0.717) is 41.0 Å². The van der Waals surface area contributed by atoms with E-state index in [1.54, 1.807) is 23.1 Å². The number of anilines is 1. The largest absolute Gasteiger partial charge is 0.383 e. The maximum atomic E-state index is 14.4. The molecule has 7 nitrogen and oxygen atoms in total. The topological polar surface area (TPSA) is 89.9 Å². The van der Waals surface area contributed by atoms with Crippen molar-refractivity contribution in [3.8, 4) is 11.3 Å². The predicted molar refractivity (Wildman–Crippen MR) is 118 cm³/mol. The number of nitrogens with zero attached hydrogens (tertiary/aromatic N) is 5. The van der Waals surface area contributed by atoms with Crippen LogP contribution in [-0.4, -0.2) is 43.6 Å². The second-order valence-corrected chi connectivity index (χ2v) is 7.68. The number of halogens is 1. The van der Waals surface area contributed by atoms with Crippen LogP contribution in [0, 0.1) is 5.82 Å². The molecule has 1 fully saturated rings. The van der Waals surface area contributed by atoms with Crippen LogP contribution in [0.4, 0.5) is 10.2 Å². The van der Waals surface area contributed by atoms with Gasteiger partial charge in [0.25, 0.3) is 0 Å². The molecule has 0 saturated carbocycles. The fourth-order valence-corrected chi connectivity index (χ4v) is 4.39. The molecular formula is C23H21FN6O. The third-order valence-corrected chi connectivity index (χ3v) is 5.87. The number of hydrogen-bond acceptors (Lipinski definition) is 5. The number of aromatic nitrogens is 4. The van der Waals surface area contributed by atoms with Crippen LogP contribution in [0.3, 0.4) is 0 Å². The van der Waals surface area contributed by atoms with Crippen molar-refractivity contribution in [1.29, 1.82) is 0 Å². The van der Waals surface area contributed by atoms with E-state index in [9.17, 15) is 9.18 Å². The van der Waals surface area contributed by atoms with Gasteiger partial charge in [-0.05, 0) is 36.4 Å². The number of benzene rings is 2. The predicted octanol–water partition coefficient (Wildman–Crippen LogP) is 3.72. The Labute approximate surface area is 178 Å². The van der Waals surface area contributed by atoms with Crippen LogP contribution in [0.1, 0.15) is 18.9 Å². The SMILES string of the molecule is C=CC(=O)N1CCCC(n2nc(-c3ccc(F)c4ccccc34)c3c(N)ncnc32)C1. The average molecular weight is 416 g/mol. The van der Waals surface area contributed by atoms with Gasteiger partial charge in [-0.25, -0.2) is 19.0 Å². The number of rotatable bonds is 3. The number of piperidine rings is 1. The van der Waals surface area contributed by atoms with Gasteiger partial charge in [0, 0.05) is 24.0 Å². The van der Waals surface area contributed by atoms with E-state index in [1.165, 1.54) is 18.5 Å². The van der Waals surface area contributed by atoms with Crippen LogP contribution >= 0.6 is 0 Å². The molecule has 5 rings (SSSR count). The van der Waals surface area contributed by atoms with Gasteiger partial charge in [0.05, 0.1) is 11.4 Å². The zero-order valence-electron chi connectivity index (χ0n) is 16.8. The van der Waals surface area contributed by atoms with Gasteiger partial charge in [-0.2, -0.15) is 5.10 Å². The molecule has 1 amide bonds. The monoisotopic (exact) mass is 416 g/mol. The molecule has 1 atom stereocenters. The standard InChI is InChI=1S/C23H21FN6O/c1-2-19(31)29-11-5-6-14(12-29)30-23-20(22(25)26-13-27-23)21(28-30)17-9-10-18(24)16-8-4-3-7-15(16)17/h2-4,7-10,13-14H,1,5-6,11-12H2,(H2,25,26,27). The van der Waals surface area contributed by atoms with Gasteiger partial charge in [0.2, 0.25) is 5.91 Å². The van der Waals surface area contributed by atoms with Crippen molar-refractivity contribution in [2.45, 2.75) is 18.9 Å². The molecule has 31 heavy (non-hydrogen) atoms. The number of carbonyl (C=O) groups excluding carboxylic acids is 1. The summed E-state index contributed by atoms with van der Waals surface area (Å²) in [5.74, 6) is -0.0762. The molecule has 0 aliphatic carbocycles. The molecular weight excluding hydrogens is 395 g/mol. The third kappa shape index (κ3) is 3.11. The molecule has 0 spiro atoms. The number of hydrogen-bond donors (Lipinski definition) is 1. The van der Waals surface area contributed by atoms with Crippen LogP contribution in [0.15, 0.2) is 55.4 Å². The normalized spacial score (nSPS) is 16.7. The van der Waals surface area contributed by atoms with Gasteiger partial charge in [0.1, 0.15) is 23.7 Å². The number of nitrogen functional groups attached to an aromatic ring is 1. The van der Waals surface area contributed by atoms with Gasteiger partial charge in [0.15, 0.2) is 5.65 Å². The van der Waals surface area contributed by atoms with Crippen molar-refractivity contribution in [2.75, 3.05) is 18.8 Å². The summed E-state index contributed by atoms with van der Waals surface area (Å²) in [5, 5.41) is 6.78. The van der Waals surface area contributed by atoms with E-state index >= 15 is 0 Å². The molecule has 1 aliphatic heterocycles. The molecule has 0 radical (unpaired) electrons. The van der Waals surface area contributed by atoms with Gasteiger partial charge in [-0.1, -0.05) is 30.8 Å². The molecule has 1 unspecified atom stereocenters. The molecule has 1 aliphatic rings. The summed E-state index contributed by atoms with van der Waals surface area (Å²) in [6.45, 7) is 4.79. The van der Waals surface area contributed by atoms with Crippen molar-refractivity contribution in [3.63, 3.8) is 0 Å². The maximum absolute atomic E-state index is 14.4. The minimum atomic E-state index is -0.293. The Morgan fingerprint density at radius 2 is 2.00 bits per heavy atom. The number of fused-ring (bicyclic) bond motifs is 2. The average Bonchev–Trinajstić information content (AvgIpc) is 3.20. The van der Waals surface area contributed by atoms with E-state index in [0.717, 1.165) is 23.8 Å². The van der Waals surface area contributed by atoms with E-state index < -0.39 is 0 Å². The highest BCUT2D eigenvalue weighted by Crippen LogP contribution is 2.37. The zero-order valence-corrected chi connectivity index (χ0v) is 16.8. The first-order chi connectivity index (χ1) is 15.1. The maximum Gasteiger partial charge on any atom is 0.246 e. The summed E-state index contributed by atoms with van der Waals surface area (Å²) in [6.07, 6.45) is 4.45. The number of likely N-dealkylation sites (tertiary alicyclic amines) is 1. The van der Waals surface area contributed by atoms with E-state index in [1.807, 2.05) is 16.8 Å². The lowest BCUT2D eigenvalue weighted by molar-refractivity contribution is -0.127. The highest BCUT2D eigenvalue weighted by atomic mass is 19.1. The Kier molecular flexibility index (Phi) is 4.62. The number of nitrogens with two attached hydrogens (primary N) is 1. The molecule has 156 valence electrons. The van der Waals surface area contributed by atoms with E-state index in [-0.39, 0.29) is 17.8 Å².